The molecule has 0 aliphatic heterocycles. The number of anilines is 1. The van der Waals surface area contributed by atoms with Crippen LogP contribution in [0.3, 0.4) is 0 Å². The molecule has 0 heterocycles. The third-order valence-corrected chi connectivity index (χ3v) is 1.69. The van der Waals surface area contributed by atoms with Crippen molar-refractivity contribution in [2.24, 2.45) is 0 Å². The van der Waals surface area contributed by atoms with Crippen LogP contribution in [0.4, 0.5) is 5.69 Å². The summed E-state index contributed by atoms with van der Waals surface area (Å²) in [6.07, 6.45) is 0.950. The van der Waals surface area contributed by atoms with Gasteiger partial charge in [0.15, 0.2) is 0 Å². The quantitative estimate of drug-likeness (QED) is 0.636. The summed E-state index contributed by atoms with van der Waals surface area (Å²) in [7, 11) is 2.08. The summed E-state index contributed by atoms with van der Waals surface area (Å²) in [6.45, 7) is 4.83. The van der Waals surface area contributed by atoms with E-state index in [1.54, 1.807) is 0 Å². The highest BCUT2D eigenvalue weighted by molar-refractivity contribution is 5.44. The maximum Gasteiger partial charge on any atom is 0.0363 e. The Kier molecular flexibility index (Phi) is 2.96. The second-order valence-electron chi connectivity index (χ2n) is 2.61. The van der Waals surface area contributed by atoms with Crippen molar-refractivity contribution in [1.82, 2.24) is 0 Å². The highest BCUT2D eigenvalue weighted by Crippen LogP contribution is 2.10. The maximum absolute atomic E-state index is 3.81. The molecule has 0 atom stereocenters. The minimum Gasteiger partial charge on any atom is -0.375 e. The lowest BCUT2D eigenvalue weighted by atomic mass is 10.3. The van der Waals surface area contributed by atoms with E-state index in [-0.39, 0.29) is 0 Å². The Labute approximate surface area is 68.7 Å². The first kappa shape index (κ1) is 8.12. The molecule has 1 nitrogen and oxygen atoms in total. The lowest BCUT2D eigenvalue weighted by Gasteiger charge is -2.17. The zero-order chi connectivity index (χ0) is 8.10. The van der Waals surface area contributed by atoms with E-state index in [0.717, 1.165) is 13.0 Å². The molecule has 1 aromatic carbocycles. The fourth-order valence-corrected chi connectivity index (χ4v) is 1.05. The standard InChI is InChI=1S/C10H14N/c1-3-9-11(2)10-7-5-4-6-8-10/h4-8H,1,3,9H2,2H3. The number of rotatable bonds is 3. The summed E-state index contributed by atoms with van der Waals surface area (Å²) in [4.78, 5) is 2.20. The summed E-state index contributed by atoms with van der Waals surface area (Å²) in [5.74, 6) is 0. The zero-order valence-corrected chi connectivity index (χ0v) is 6.96. The van der Waals surface area contributed by atoms with Crippen molar-refractivity contribution in [2.75, 3.05) is 18.5 Å². The molecule has 0 aliphatic carbocycles. The van der Waals surface area contributed by atoms with Gasteiger partial charge >= 0.3 is 0 Å². The maximum atomic E-state index is 3.81. The molecule has 59 valence electrons. The summed E-state index contributed by atoms with van der Waals surface area (Å²) < 4.78 is 0. The van der Waals surface area contributed by atoms with E-state index in [4.69, 9.17) is 0 Å². The van der Waals surface area contributed by atoms with Gasteiger partial charge in [-0.3, -0.25) is 0 Å². The fraction of sp³-hybridized carbons (Fsp3) is 0.300. The highest BCUT2D eigenvalue weighted by atomic mass is 15.1. The average Bonchev–Trinajstić information content (AvgIpc) is 2.07. The zero-order valence-electron chi connectivity index (χ0n) is 6.96. The third-order valence-electron chi connectivity index (χ3n) is 1.69. The highest BCUT2D eigenvalue weighted by Gasteiger charge is 1.95. The fourth-order valence-electron chi connectivity index (χ4n) is 1.05. The Hall–Kier alpha value is -0.980. The van der Waals surface area contributed by atoms with Crippen molar-refractivity contribution < 1.29 is 0 Å². The molecular weight excluding hydrogens is 134 g/mol. The van der Waals surface area contributed by atoms with Gasteiger partial charge in [0.25, 0.3) is 0 Å². The number of hydrogen-bond acceptors (Lipinski definition) is 1. The number of benzene rings is 1. The van der Waals surface area contributed by atoms with Crippen LogP contribution in [0, 0.1) is 6.92 Å². The van der Waals surface area contributed by atoms with Crippen molar-refractivity contribution in [1.29, 1.82) is 0 Å². The van der Waals surface area contributed by atoms with Gasteiger partial charge in [0, 0.05) is 19.3 Å². The van der Waals surface area contributed by atoms with E-state index in [2.05, 4.69) is 43.1 Å². The molecule has 1 aromatic rings. The minimum absolute atomic E-state index is 0.950. The molecule has 0 bridgehead atoms. The van der Waals surface area contributed by atoms with E-state index in [0.29, 0.717) is 0 Å². The predicted molar refractivity (Wildman–Crippen MR) is 49.7 cm³/mol. The van der Waals surface area contributed by atoms with E-state index in [1.165, 1.54) is 5.69 Å². The normalized spacial score (nSPS) is 9.64. The van der Waals surface area contributed by atoms with Crippen LogP contribution in [-0.4, -0.2) is 13.6 Å². The molecule has 0 spiro atoms. The predicted octanol–water partition coefficient (Wildman–Crippen LogP) is 2.35. The number of hydrogen-bond donors (Lipinski definition) is 0. The van der Waals surface area contributed by atoms with Crippen LogP contribution in [-0.2, 0) is 0 Å². The van der Waals surface area contributed by atoms with Crippen LogP contribution in [0.5, 0.6) is 0 Å². The molecule has 0 amide bonds. The van der Waals surface area contributed by atoms with E-state index in [9.17, 15) is 0 Å². The molecule has 0 fully saturated rings. The number of nitrogens with zero attached hydrogens (tertiary/aromatic N) is 1. The lowest BCUT2D eigenvalue weighted by Crippen LogP contribution is -2.17. The van der Waals surface area contributed by atoms with Gasteiger partial charge in [-0.15, -0.1) is 0 Å². The second-order valence-corrected chi connectivity index (χ2v) is 2.61. The van der Waals surface area contributed by atoms with Crippen LogP contribution in [0.1, 0.15) is 6.42 Å². The van der Waals surface area contributed by atoms with Crippen molar-refractivity contribution in [3.63, 3.8) is 0 Å². The van der Waals surface area contributed by atoms with Crippen molar-refractivity contribution in [3.05, 3.63) is 37.3 Å². The van der Waals surface area contributed by atoms with Crippen molar-refractivity contribution in [3.8, 4) is 0 Å². The molecule has 0 N–H and O–H groups in total. The van der Waals surface area contributed by atoms with Crippen LogP contribution in [0.15, 0.2) is 30.3 Å². The first-order valence-corrected chi connectivity index (χ1v) is 3.90. The monoisotopic (exact) mass is 148 g/mol. The minimum atomic E-state index is 0.950. The molecular formula is C10H14N. The molecule has 0 saturated heterocycles. The van der Waals surface area contributed by atoms with Crippen molar-refractivity contribution in [2.45, 2.75) is 6.42 Å². The Bertz CT molecular complexity index is 193. The summed E-state index contributed by atoms with van der Waals surface area (Å²) in [5, 5.41) is 0. The molecule has 1 radical (unpaired) electrons. The average molecular weight is 148 g/mol. The Morgan fingerprint density at radius 1 is 1.27 bits per heavy atom. The molecule has 1 rings (SSSR count). The molecule has 1 heteroatoms. The summed E-state index contributed by atoms with van der Waals surface area (Å²) >= 11 is 0. The first-order valence-electron chi connectivity index (χ1n) is 3.90. The Balaban J connectivity index is 2.61. The van der Waals surface area contributed by atoms with E-state index < -0.39 is 0 Å². The van der Waals surface area contributed by atoms with Gasteiger partial charge in [-0.2, -0.15) is 0 Å². The van der Waals surface area contributed by atoms with Gasteiger partial charge < -0.3 is 4.90 Å². The van der Waals surface area contributed by atoms with E-state index in [1.807, 2.05) is 6.07 Å². The van der Waals surface area contributed by atoms with Gasteiger partial charge in [-0.1, -0.05) is 25.1 Å². The van der Waals surface area contributed by atoms with Crippen LogP contribution in [0.25, 0.3) is 0 Å². The lowest BCUT2D eigenvalue weighted by molar-refractivity contribution is 0.897. The third kappa shape index (κ3) is 2.26. The SMILES string of the molecule is [CH2]CCN(C)c1ccccc1. The molecule has 0 aliphatic rings. The van der Waals surface area contributed by atoms with Gasteiger partial charge in [0.05, 0.1) is 0 Å². The van der Waals surface area contributed by atoms with Gasteiger partial charge in [-0.25, -0.2) is 0 Å². The van der Waals surface area contributed by atoms with Gasteiger partial charge in [-0.05, 0) is 18.6 Å². The van der Waals surface area contributed by atoms with E-state index >= 15 is 0 Å². The molecule has 0 unspecified atom stereocenters. The molecule has 0 saturated carbocycles. The second kappa shape index (κ2) is 4.02. The van der Waals surface area contributed by atoms with Crippen LogP contribution < -0.4 is 4.90 Å². The Morgan fingerprint density at radius 2 is 1.91 bits per heavy atom. The van der Waals surface area contributed by atoms with Gasteiger partial charge in [0.1, 0.15) is 0 Å². The topological polar surface area (TPSA) is 3.24 Å². The van der Waals surface area contributed by atoms with Gasteiger partial charge in [0.2, 0.25) is 0 Å². The molecule has 11 heavy (non-hydrogen) atoms. The summed E-state index contributed by atoms with van der Waals surface area (Å²) in [6, 6.07) is 10.3. The number of para-hydroxylation sites is 1. The summed E-state index contributed by atoms with van der Waals surface area (Å²) in [5.41, 5.74) is 1.26. The Morgan fingerprint density at radius 3 is 2.45 bits per heavy atom. The largest absolute Gasteiger partial charge is 0.375 e. The van der Waals surface area contributed by atoms with Crippen molar-refractivity contribution >= 4 is 5.69 Å². The first-order chi connectivity index (χ1) is 5.34. The van der Waals surface area contributed by atoms with Crippen LogP contribution in [0.2, 0.25) is 0 Å². The van der Waals surface area contributed by atoms with Crippen LogP contribution >= 0.6 is 0 Å². The molecule has 0 aromatic heterocycles. The smallest absolute Gasteiger partial charge is 0.0363 e.